The van der Waals surface area contributed by atoms with Gasteiger partial charge in [-0.3, -0.25) is 13.6 Å². The van der Waals surface area contributed by atoms with Gasteiger partial charge in [0.05, 0.1) is 18.8 Å². The highest BCUT2D eigenvalue weighted by molar-refractivity contribution is 7.53. The Bertz CT molecular complexity index is 817. The summed E-state index contributed by atoms with van der Waals surface area (Å²) in [6, 6.07) is 0. The van der Waals surface area contributed by atoms with Crippen molar-refractivity contribution in [2.45, 2.75) is 53.3 Å². The molecule has 0 aliphatic heterocycles. The largest absolute Gasteiger partial charge is 0.448 e. The molecule has 0 bridgehead atoms. The first kappa shape index (κ1) is 30.8. The van der Waals surface area contributed by atoms with E-state index in [-0.39, 0.29) is 30.3 Å². The standard InChI is InChI=1S/C19H37N6O9P/c1-6-25(17-15(20)16(21)23-9-24-17)7-8-28-12-35(27,31-10-29-18(22)33-13(2)3)32-11-30-19(26)34-14(4)5/h9,13-14,19,22,26H,6-8,10-12,20H2,1-5H3,(H2,21,23,24)/t19-,35?/m1/s1. The Morgan fingerprint density at radius 2 is 1.86 bits per heavy atom. The maximum atomic E-state index is 13.1. The highest BCUT2D eigenvalue weighted by atomic mass is 31.2. The minimum absolute atomic E-state index is 0.0982. The molecule has 1 heterocycles. The molecule has 0 spiro atoms. The SMILES string of the molecule is CCN(CCOCP(=O)(OCOC(=N)OC(C)C)OCO[C@@H](O)OC(C)C)c1ncnc(N)c1N. The Morgan fingerprint density at radius 1 is 1.17 bits per heavy atom. The molecule has 1 aromatic rings. The van der Waals surface area contributed by atoms with Crippen molar-refractivity contribution < 1.29 is 42.4 Å². The molecule has 0 saturated heterocycles. The number of ether oxygens (including phenoxy) is 5. The summed E-state index contributed by atoms with van der Waals surface area (Å²) in [5, 5.41) is 17.2. The van der Waals surface area contributed by atoms with Crippen LogP contribution in [0, 0.1) is 5.41 Å². The number of likely N-dealkylation sites (N-methyl/N-ethyl adjacent to an activating group) is 1. The van der Waals surface area contributed by atoms with E-state index in [4.69, 9.17) is 49.6 Å². The Hall–Kier alpha value is -2.26. The number of aliphatic hydroxyl groups excluding tert-OH is 1. The number of anilines is 3. The van der Waals surface area contributed by atoms with Gasteiger partial charge in [0.1, 0.15) is 18.4 Å². The quantitative estimate of drug-likeness (QED) is 0.0752. The van der Waals surface area contributed by atoms with Gasteiger partial charge in [0.15, 0.2) is 18.4 Å². The molecule has 6 N–H and O–H groups in total. The van der Waals surface area contributed by atoms with Crippen LogP contribution in [0.15, 0.2) is 6.33 Å². The number of hydrogen-bond donors (Lipinski definition) is 4. The molecule has 0 radical (unpaired) electrons. The van der Waals surface area contributed by atoms with E-state index < -0.39 is 40.1 Å². The first-order valence-electron chi connectivity index (χ1n) is 10.9. The van der Waals surface area contributed by atoms with E-state index in [1.165, 1.54) is 6.33 Å². The molecule has 0 fully saturated rings. The zero-order chi connectivity index (χ0) is 26.4. The molecule has 2 atom stereocenters. The Labute approximate surface area is 205 Å². The van der Waals surface area contributed by atoms with Crippen LogP contribution in [0.3, 0.4) is 0 Å². The molecule has 1 rings (SSSR count). The molecule has 202 valence electrons. The van der Waals surface area contributed by atoms with Gasteiger partial charge in [-0.1, -0.05) is 0 Å². The third kappa shape index (κ3) is 12.3. The first-order valence-corrected chi connectivity index (χ1v) is 12.6. The number of nitrogens with one attached hydrogen (secondary N) is 1. The molecule has 35 heavy (non-hydrogen) atoms. The molecular formula is C19H37N6O9P. The monoisotopic (exact) mass is 524 g/mol. The fourth-order valence-electron chi connectivity index (χ4n) is 2.38. The van der Waals surface area contributed by atoms with E-state index in [1.807, 2.05) is 6.92 Å². The van der Waals surface area contributed by atoms with Crippen LogP contribution in [-0.2, 0) is 37.3 Å². The topological polar surface area (TPSA) is 207 Å². The minimum Gasteiger partial charge on any atom is -0.448 e. The van der Waals surface area contributed by atoms with E-state index in [0.717, 1.165) is 0 Å². The average molecular weight is 525 g/mol. The van der Waals surface area contributed by atoms with Crippen LogP contribution in [-0.4, -0.2) is 79.5 Å². The third-order valence-corrected chi connectivity index (χ3v) is 5.46. The highest BCUT2D eigenvalue weighted by Crippen LogP contribution is 2.48. The van der Waals surface area contributed by atoms with Crippen LogP contribution < -0.4 is 16.4 Å². The number of nitrogens with two attached hydrogens (primary N) is 2. The van der Waals surface area contributed by atoms with Crippen LogP contribution in [0.25, 0.3) is 0 Å². The second kappa shape index (κ2) is 15.7. The van der Waals surface area contributed by atoms with Gasteiger partial charge in [-0.15, -0.1) is 0 Å². The molecule has 1 unspecified atom stereocenters. The third-order valence-electron chi connectivity index (χ3n) is 3.96. The van der Waals surface area contributed by atoms with Gasteiger partial charge < -0.3 is 45.2 Å². The highest BCUT2D eigenvalue weighted by Gasteiger charge is 2.27. The van der Waals surface area contributed by atoms with Crippen molar-refractivity contribution in [2.24, 2.45) is 0 Å². The van der Waals surface area contributed by atoms with E-state index >= 15 is 0 Å². The Balaban J connectivity index is 2.65. The lowest BCUT2D eigenvalue weighted by Gasteiger charge is -2.24. The molecule has 0 amide bonds. The lowest BCUT2D eigenvalue weighted by atomic mass is 10.4. The van der Waals surface area contributed by atoms with Gasteiger partial charge in [-0.25, -0.2) is 15.4 Å². The predicted molar refractivity (Wildman–Crippen MR) is 127 cm³/mol. The number of nitrogen functional groups attached to an aromatic ring is 2. The second-order valence-electron chi connectivity index (χ2n) is 7.47. The summed E-state index contributed by atoms with van der Waals surface area (Å²) in [5.74, 6) is 0.611. The number of aromatic nitrogens is 2. The summed E-state index contributed by atoms with van der Waals surface area (Å²) in [5.41, 5.74) is 11.9. The lowest BCUT2D eigenvalue weighted by molar-refractivity contribution is -0.294. The zero-order valence-electron chi connectivity index (χ0n) is 20.7. The molecule has 0 aliphatic rings. The summed E-state index contributed by atoms with van der Waals surface area (Å²) in [6.45, 7) is 6.88. The van der Waals surface area contributed by atoms with Gasteiger partial charge in [0, 0.05) is 13.1 Å². The van der Waals surface area contributed by atoms with Crippen molar-refractivity contribution in [1.82, 2.24) is 9.97 Å². The number of nitrogens with zero attached hydrogens (tertiary/aromatic N) is 3. The Kier molecular flexibility index (Phi) is 13.8. The number of rotatable bonds is 17. The van der Waals surface area contributed by atoms with Crippen molar-refractivity contribution in [3.63, 3.8) is 0 Å². The first-order chi connectivity index (χ1) is 16.5. The maximum Gasteiger partial charge on any atom is 0.382 e. The molecular weight excluding hydrogens is 487 g/mol. The molecule has 0 aromatic carbocycles. The van der Waals surface area contributed by atoms with E-state index in [0.29, 0.717) is 18.9 Å². The molecule has 0 aliphatic carbocycles. The molecule has 15 nitrogen and oxygen atoms in total. The molecule has 1 aromatic heterocycles. The Morgan fingerprint density at radius 3 is 2.49 bits per heavy atom. The van der Waals surface area contributed by atoms with Crippen molar-refractivity contribution >= 4 is 31.0 Å². The summed E-state index contributed by atoms with van der Waals surface area (Å²) >= 11 is 0. The van der Waals surface area contributed by atoms with Crippen LogP contribution >= 0.6 is 7.60 Å². The van der Waals surface area contributed by atoms with E-state index in [2.05, 4.69) is 9.97 Å². The van der Waals surface area contributed by atoms with E-state index in [1.54, 1.807) is 32.6 Å². The van der Waals surface area contributed by atoms with Gasteiger partial charge in [-0.2, -0.15) is 0 Å². The fourth-order valence-corrected chi connectivity index (χ4v) is 3.39. The average Bonchev–Trinajstić information content (AvgIpc) is 2.75. The van der Waals surface area contributed by atoms with Crippen molar-refractivity contribution in [3.05, 3.63) is 6.33 Å². The van der Waals surface area contributed by atoms with Crippen LogP contribution in [0.2, 0.25) is 0 Å². The number of hydrogen-bond acceptors (Lipinski definition) is 15. The summed E-state index contributed by atoms with van der Waals surface area (Å²) in [4.78, 5) is 9.78. The maximum absolute atomic E-state index is 13.1. The smallest absolute Gasteiger partial charge is 0.382 e. The number of aliphatic hydroxyl groups is 1. The summed E-state index contributed by atoms with van der Waals surface area (Å²) < 4.78 is 48.8. The zero-order valence-corrected chi connectivity index (χ0v) is 21.6. The van der Waals surface area contributed by atoms with Gasteiger partial charge in [0.25, 0.3) is 6.48 Å². The van der Waals surface area contributed by atoms with Gasteiger partial charge >= 0.3 is 13.7 Å². The van der Waals surface area contributed by atoms with Crippen molar-refractivity contribution in [1.29, 1.82) is 5.41 Å². The predicted octanol–water partition coefficient (Wildman–Crippen LogP) is 1.68. The van der Waals surface area contributed by atoms with Crippen molar-refractivity contribution in [3.8, 4) is 0 Å². The van der Waals surface area contributed by atoms with Gasteiger partial charge in [0.2, 0.25) is 6.79 Å². The van der Waals surface area contributed by atoms with E-state index in [9.17, 15) is 9.67 Å². The summed E-state index contributed by atoms with van der Waals surface area (Å²) in [6.07, 6.45) is -0.274. The molecule has 16 heteroatoms. The van der Waals surface area contributed by atoms with Crippen LogP contribution in [0.4, 0.5) is 17.3 Å². The van der Waals surface area contributed by atoms with Crippen LogP contribution in [0.1, 0.15) is 34.6 Å². The summed E-state index contributed by atoms with van der Waals surface area (Å²) in [7, 11) is -3.94. The van der Waals surface area contributed by atoms with Crippen LogP contribution in [0.5, 0.6) is 0 Å². The second-order valence-corrected chi connectivity index (χ2v) is 9.47. The molecule has 0 saturated carbocycles. The minimum atomic E-state index is -3.94. The van der Waals surface area contributed by atoms with Gasteiger partial charge in [-0.05, 0) is 34.6 Å². The lowest BCUT2D eigenvalue weighted by Crippen LogP contribution is -2.29. The van der Waals surface area contributed by atoms with Crippen molar-refractivity contribution in [2.75, 3.05) is 56.0 Å². The normalized spacial score (nSPS) is 14.1. The fraction of sp³-hybridized carbons (Fsp3) is 0.737.